The minimum Gasteiger partial charge on any atom is -0.0984 e. The van der Waals surface area contributed by atoms with Crippen LogP contribution in [0, 0.1) is 20.8 Å². The molecule has 0 spiro atoms. The number of allylic oxidation sites excluding steroid dienone is 18. The maximum absolute atomic E-state index is 4.18. The van der Waals surface area contributed by atoms with E-state index in [1.807, 2.05) is 52.8 Å². The predicted octanol–water partition coefficient (Wildman–Crippen LogP) is 18.6. The summed E-state index contributed by atoms with van der Waals surface area (Å²) in [6.45, 7) is 33.2. The second-order valence-corrected chi connectivity index (χ2v) is 15.0. The number of hydrogen-bond donors (Lipinski definition) is 0. The third-order valence-corrected chi connectivity index (χ3v) is 10.1. The molecule has 0 radical (unpaired) electrons. The van der Waals surface area contributed by atoms with Crippen molar-refractivity contribution in [2.75, 3.05) is 0 Å². The molecule has 0 unspecified atom stereocenters. The molecule has 0 amide bonds. The summed E-state index contributed by atoms with van der Waals surface area (Å²) in [5, 5.41) is 2.68. The summed E-state index contributed by atoms with van der Waals surface area (Å²) in [5.74, 6) is 0. The summed E-state index contributed by atoms with van der Waals surface area (Å²) in [6, 6.07) is 42.4. The lowest BCUT2D eigenvalue weighted by molar-refractivity contribution is 1.14. The summed E-state index contributed by atoms with van der Waals surface area (Å²) in [4.78, 5) is 0. The number of rotatable bonds is 8. The van der Waals surface area contributed by atoms with Gasteiger partial charge in [-0.2, -0.15) is 0 Å². The van der Waals surface area contributed by atoms with Gasteiger partial charge < -0.3 is 0 Å². The molecule has 0 bridgehead atoms. The predicted molar refractivity (Wildman–Crippen MR) is 277 cm³/mol. The van der Waals surface area contributed by atoms with Crippen molar-refractivity contribution in [3.63, 3.8) is 0 Å². The Morgan fingerprint density at radius 2 is 1.18 bits per heavy atom. The quantitative estimate of drug-likeness (QED) is 0.137. The van der Waals surface area contributed by atoms with E-state index in [1.54, 1.807) is 0 Å². The zero-order chi connectivity index (χ0) is 45.2. The second kappa shape index (κ2) is 28.3. The highest BCUT2D eigenvalue weighted by Crippen LogP contribution is 2.32. The first kappa shape index (κ1) is 50.9. The number of hydrogen-bond acceptors (Lipinski definition) is 0. The van der Waals surface area contributed by atoms with Crippen LogP contribution >= 0.6 is 0 Å². The third-order valence-electron chi connectivity index (χ3n) is 10.1. The third kappa shape index (κ3) is 17.1. The Balaban J connectivity index is 0.000000318. The Labute approximate surface area is 371 Å². The van der Waals surface area contributed by atoms with Crippen molar-refractivity contribution in [3.8, 4) is 11.1 Å². The van der Waals surface area contributed by atoms with Gasteiger partial charge in [0, 0.05) is 0 Å². The van der Waals surface area contributed by atoms with Gasteiger partial charge >= 0.3 is 0 Å². The average Bonchev–Trinajstić information content (AvgIpc) is 3.27. The molecule has 0 saturated heterocycles. The largest absolute Gasteiger partial charge is 0.0984 e. The van der Waals surface area contributed by atoms with Gasteiger partial charge in [0.1, 0.15) is 0 Å². The first-order valence-corrected chi connectivity index (χ1v) is 21.7. The summed E-state index contributed by atoms with van der Waals surface area (Å²) >= 11 is 0. The van der Waals surface area contributed by atoms with E-state index in [0.29, 0.717) is 0 Å². The Morgan fingerprint density at radius 1 is 0.607 bits per heavy atom. The van der Waals surface area contributed by atoms with Gasteiger partial charge in [0.25, 0.3) is 0 Å². The van der Waals surface area contributed by atoms with Gasteiger partial charge in [-0.3, -0.25) is 0 Å². The van der Waals surface area contributed by atoms with Crippen molar-refractivity contribution < 1.29 is 0 Å². The molecule has 0 fully saturated rings. The van der Waals surface area contributed by atoms with Crippen LogP contribution in [0.4, 0.5) is 0 Å². The Bertz CT molecular complexity index is 2380. The lowest BCUT2D eigenvalue weighted by Gasteiger charge is -2.17. The van der Waals surface area contributed by atoms with Gasteiger partial charge in [0.05, 0.1) is 0 Å². The first-order chi connectivity index (χ1) is 29.4. The Morgan fingerprint density at radius 3 is 1.74 bits per heavy atom. The maximum Gasteiger partial charge on any atom is -0.00606 e. The number of benzene rings is 5. The summed E-state index contributed by atoms with van der Waals surface area (Å²) in [5.41, 5.74) is 17.7. The van der Waals surface area contributed by atoms with E-state index >= 15 is 0 Å². The molecule has 0 aromatic heterocycles. The zero-order valence-corrected chi connectivity index (χ0v) is 39.4. The van der Waals surface area contributed by atoms with E-state index in [1.165, 1.54) is 72.0 Å². The van der Waals surface area contributed by atoms with Crippen molar-refractivity contribution in [3.05, 3.63) is 257 Å². The van der Waals surface area contributed by atoms with Crippen LogP contribution < -0.4 is 0 Å². The van der Waals surface area contributed by atoms with Gasteiger partial charge in [-0.1, -0.05) is 231 Å². The molecule has 1 aliphatic carbocycles. The molecule has 0 nitrogen and oxygen atoms in total. The van der Waals surface area contributed by atoms with Crippen LogP contribution in [-0.4, -0.2) is 0 Å². The van der Waals surface area contributed by atoms with Crippen molar-refractivity contribution in [1.82, 2.24) is 0 Å². The molecule has 0 aliphatic heterocycles. The zero-order valence-electron chi connectivity index (χ0n) is 39.4. The fourth-order valence-corrected chi connectivity index (χ4v) is 6.70. The van der Waals surface area contributed by atoms with Crippen LogP contribution in [0.2, 0.25) is 0 Å². The van der Waals surface area contributed by atoms with Crippen molar-refractivity contribution in [2.24, 2.45) is 0 Å². The highest BCUT2D eigenvalue weighted by molar-refractivity contribution is 5.85. The van der Waals surface area contributed by atoms with Crippen LogP contribution in [0.25, 0.3) is 27.5 Å². The fraction of sp³-hybridized carbons (Fsp3) is 0.213. The summed E-state index contributed by atoms with van der Waals surface area (Å²) in [7, 11) is 0. The second-order valence-electron chi connectivity index (χ2n) is 15.0. The van der Waals surface area contributed by atoms with Crippen molar-refractivity contribution >= 4 is 16.3 Å². The smallest absolute Gasteiger partial charge is 0.00606 e. The maximum atomic E-state index is 4.18. The van der Waals surface area contributed by atoms with Crippen LogP contribution in [0.15, 0.2) is 234 Å². The number of aryl methyl sites for hydroxylation is 3. The molecule has 0 heteroatoms. The molecule has 0 N–H and O–H groups in total. The molecule has 6 rings (SSSR count). The lowest BCUT2D eigenvalue weighted by atomic mass is 9.88. The van der Waals surface area contributed by atoms with Crippen LogP contribution in [0.5, 0.6) is 0 Å². The average molecular weight is 805 g/mol. The molecule has 0 heterocycles. The minimum atomic E-state index is 0.959. The van der Waals surface area contributed by atoms with Crippen LogP contribution in [0.1, 0.15) is 91.0 Å². The topological polar surface area (TPSA) is 0 Å². The summed E-state index contributed by atoms with van der Waals surface area (Å²) < 4.78 is 0. The minimum absolute atomic E-state index is 0.959. The van der Waals surface area contributed by atoms with E-state index in [-0.39, 0.29) is 0 Å². The monoisotopic (exact) mass is 805 g/mol. The van der Waals surface area contributed by atoms with Gasteiger partial charge in [0.15, 0.2) is 0 Å². The number of fused-ring (bicyclic) bond motifs is 1. The normalized spacial score (nSPS) is 13.5. The fourth-order valence-electron chi connectivity index (χ4n) is 6.70. The molecular weight excluding hydrogens is 733 g/mol. The summed E-state index contributed by atoms with van der Waals surface area (Å²) in [6.07, 6.45) is 22.1. The molecule has 316 valence electrons. The lowest BCUT2D eigenvalue weighted by Crippen LogP contribution is -1.97. The molecule has 1 aliphatic rings. The Hall–Kier alpha value is -6.24. The van der Waals surface area contributed by atoms with Gasteiger partial charge in [-0.05, 0) is 142 Å². The molecular formula is C61H72. The van der Waals surface area contributed by atoms with Crippen molar-refractivity contribution in [1.29, 1.82) is 0 Å². The molecule has 0 saturated carbocycles. The van der Waals surface area contributed by atoms with Crippen LogP contribution in [-0.2, 0) is 0 Å². The van der Waals surface area contributed by atoms with E-state index in [0.717, 1.165) is 23.1 Å². The van der Waals surface area contributed by atoms with Gasteiger partial charge in [-0.25, -0.2) is 0 Å². The van der Waals surface area contributed by atoms with Gasteiger partial charge in [-0.15, -0.1) is 0 Å². The van der Waals surface area contributed by atoms with E-state index in [2.05, 4.69) is 225 Å². The van der Waals surface area contributed by atoms with E-state index in [4.69, 9.17) is 0 Å². The molecule has 61 heavy (non-hydrogen) atoms. The Kier molecular flexibility index (Phi) is 23.6. The molecule has 5 aromatic rings. The van der Waals surface area contributed by atoms with E-state index < -0.39 is 0 Å². The van der Waals surface area contributed by atoms with Gasteiger partial charge in [0.2, 0.25) is 0 Å². The van der Waals surface area contributed by atoms with Crippen molar-refractivity contribution in [2.45, 2.75) is 89.5 Å². The highest BCUT2D eigenvalue weighted by atomic mass is 14.2. The standard InChI is InChI=1S/C28H32.C13H12.C11H10.C7H12.C2H6/c1-8-12-21(5)25(9-2)26(20(3)4)17-15-24-16-18-28(23(7)19-24)27-14-11-10-13-22(27)6;1-11-7-9-13(10-8-11)12-5-3-2-4-6-12;1-9-5-4-7-10-6-2-3-8-11(9)10;1-4-6-7(3)5-2;1-2/h8-18H,2-3,19H2,1,4-7H3;2-10H,1H3;2-8H,1H3;4-6H,1-3H3;1-2H3/b12-8-,24-15-,25-21+,26-17+;;;6-4-,7-5-;. The molecule has 0 atom stereocenters. The first-order valence-electron chi connectivity index (χ1n) is 21.7. The van der Waals surface area contributed by atoms with Crippen LogP contribution in [0.3, 0.4) is 0 Å². The SMILES string of the molecule is C/C=C\C(C)=C/C.C=CC(/C(=C/C=C1/C=CC(c2ccccc2C)=C(C)C1)C(=C)C)=C(C)\C=C/C.CC.Cc1ccc(-c2ccccc2)cc1.Cc1cccc2ccccc12. The highest BCUT2D eigenvalue weighted by Gasteiger charge is 2.12. The molecule has 5 aromatic carbocycles. The van der Waals surface area contributed by atoms with E-state index in [9.17, 15) is 0 Å².